The normalized spacial score (nSPS) is 10.8. The lowest BCUT2D eigenvalue weighted by molar-refractivity contribution is 0.0991. The van der Waals surface area contributed by atoms with Crippen LogP contribution in [0.25, 0.3) is 5.69 Å². The van der Waals surface area contributed by atoms with Crippen LogP contribution in [0.3, 0.4) is 0 Å². The van der Waals surface area contributed by atoms with E-state index in [9.17, 15) is 13.6 Å². The summed E-state index contributed by atoms with van der Waals surface area (Å²) in [5.41, 5.74) is 8.43. The van der Waals surface area contributed by atoms with Gasteiger partial charge in [0.15, 0.2) is 5.78 Å². The van der Waals surface area contributed by atoms with E-state index in [0.717, 1.165) is 6.07 Å². The van der Waals surface area contributed by atoms with Crippen LogP contribution in [0.15, 0.2) is 54.7 Å². The van der Waals surface area contributed by atoms with Crippen molar-refractivity contribution >= 4 is 11.5 Å². The molecule has 0 aliphatic carbocycles. The molecule has 1 heterocycles. The van der Waals surface area contributed by atoms with Crippen LogP contribution in [0.4, 0.5) is 14.5 Å². The first kappa shape index (κ1) is 15.9. The van der Waals surface area contributed by atoms with Gasteiger partial charge in [0.2, 0.25) is 0 Å². The predicted octanol–water partition coefficient (Wildman–Crippen LogP) is 4.07. The van der Waals surface area contributed by atoms with Gasteiger partial charge in [-0.3, -0.25) is 4.79 Å². The third-order valence-electron chi connectivity index (χ3n) is 4.02. The SMILES string of the molecule is Cc1c(N)cn(-c2ccc(F)cc2F)c1CC(=O)c1ccccc1. The maximum absolute atomic E-state index is 14.1. The van der Waals surface area contributed by atoms with Crippen molar-refractivity contribution < 1.29 is 13.6 Å². The summed E-state index contributed by atoms with van der Waals surface area (Å²) >= 11 is 0. The minimum Gasteiger partial charge on any atom is -0.397 e. The van der Waals surface area contributed by atoms with E-state index in [1.54, 1.807) is 37.4 Å². The van der Waals surface area contributed by atoms with Crippen molar-refractivity contribution in [1.82, 2.24) is 4.57 Å². The van der Waals surface area contributed by atoms with E-state index < -0.39 is 11.6 Å². The highest BCUT2D eigenvalue weighted by atomic mass is 19.1. The highest BCUT2D eigenvalue weighted by Crippen LogP contribution is 2.26. The van der Waals surface area contributed by atoms with Crippen LogP contribution in [0, 0.1) is 18.6 Å². The summed E-state index contributed by atoms with van der Waals surface area (Å²) in [6.07, 6.45) is 1.63. The first-order valence-corrected chi connectivity index (χ1v) is 7.47. The Labute approximate surface area is 138 Å². The average molecular weight is 326 g/mol. The van der Waals surface area contributed by atoms with Gasteiger partial charge in [-0.2, -0.15) is 0 Å². The number of nitrogens with zero attached hydrogens (tertiary/aromatic N) is 1. The number of benzene rings is 2. The number of nitrogens with two attached hydrogens (primary N) is 1. The molecule has 0 unspecified atom stereocenters. The number of halogens is 2. The Kier molecular flexibility index (Phi) is 4.16. The van der Waals surface area contributed by atoms with Crippen molar-refractivity contribution in [1.29, 1.82) is 0 Å². The molecule has 0 aliphatic heterocycles. The number of hydrogen-bond acceptors (Lipinski definition) is 2. The van der Waals surface area contributed by atoms with Crippen LogP contribution in [0.2, 0.25) is 0 Å². The molecule has 122 valence electrons. The maximum atomic E-state index is 14.1. The van der Waals surface area contributed by atoms with Gasteiger partial charge in [0.25, 0.3) is 0 Å². The summed E-state index contributed by atoms with van der Waals surface area (Å²) in [7, 11) is 0. The fourth-order valence-corrected chi connectivity index (χ4v) is 2.65. The van der Waals surface area contributed by atoms with Crippen molar-refractivity contribution in [3.8, 4) is 5.69 Å². The van der Waals surface area contributed by atoms with Crippen LogP contribution in [-0.2, 0) is 6.42 Å². The Hall–Kier alpha value is -2.95. The molecule has 0 spiro atoms. The van der Waals surface area contributed by atoms with Crippen molar-refractivity contribution in [2.24, 2.45) is 0 Å². The average Bonchev–Trinajstić information content (AvgIpc) is 2.84. The van der Waals surface area contributed by atoms with Gasteiger partial charge in [0, 0.05) is 23.5 Å². The van der Waals surface area contributed by atoms with Crippen molar-refractivity contribution in [3.63, 3.8) is 0 Å². The van der Waals surface area contributed by atoms with E-state index >= 15 is 0 Å². The lowest BCUT2D eigenvalue weighted by atomic mass is 10.0. The van der Waals surface area contributed by atoms with Crippen LogP contribution in [-0.4, -0.2) is 10.4 Å². The Morgan fingerprint density at radius 3 is 2.50 bits per heavy atom. The Bertz CT molecular complexity index is 901. The Morgan fingerprint density at radius 1 is 1.12 bits per heavy atom. The smallest absolute Gasteiger partial charge is 0.168 e. The van der Waals surface area contributed by atoms with E-state index in [0.29, 0.717) is 22.5 Å². The molecule has 2 aromatic carbocycles. The second kappa shape index (κ2) is 6.28. The zero-order chi connectivity index (χ0) is 17.3. The van der Waals surface area contributed by atoms with Crippen LogP contribution in [0.1, 0.15) is 21.6 Å². The van der Waals surface area contributed by atoms with E-state index in [4.69, 9.17) is 5.73 Å². The minimum absolute atomic E-state index is 0.0733. The zero-order valence-electron chi connectivity index (χ0n) is 13.1. The highest BCUT2D eigenvalue weighted by molar-refractivity contribution is 5.97. The van der Waals surface area contributed by atoms with E-state index in [-0.39, 0.29) is 17.9 Å². The van der Waals surface area contributed by atoms with Gasteiger partial charge in [0.05, 0.1) is 17.8 Å². The number of carbonyl (C=O) groups is 1. The number of aromatic nitrogens is 1. The second-order valence-electron chi connectivity index (χ2n) is 5.59. The summed E-state index contributed by atoms with van der Waals surface area (Å²) < 4.78 is 28.8. The van der Waals surface area contributed by atoms with Crippen molar-refractivity contribution in [2.75, 3.05) is 5.73 Å². The monoisotopic (exact) mass is 326 g/mol. The second-order valence-corrected chi connectivity index (χ2v) is 5.59. The molecule has 0 atom stereocenters. The highest BCUT2D eigenvalue weighted by Gasteiger charge is 2.18. The quantitative estimate of drug-likeness (QED) is 0.735. The van der Waals surface area contributed by atoms with Crippen molar-refractivity contribution in [2.45, 2.75) is 13.3 Å². The molecule has 3 nitrogen and oxygen atoms in total. The van der Waals surface area contributed by atoms with Gasteiger partial charge < -0.3 is 10.3 Å². The van der Waals surface area contributed by atoms with Crippen LogP contribution < -0.4 is 5.73 Å². The molecule has 0 bridgehead atoms. The summed E-state index contributed by atoms with van der Waals surface area (Å²) in [6, 6.07) is 12.2. The molecule has 0 saturated heterocycles. The zero-order valence-corrected chi connectivity index (χ0v) is 13.1. The predicted molar refractivity (Wildman–Crippen MR) is 89.3 cm³/mol. The topological polar surface area (TPSA) is 48.0 Å². The van der Waals surface area contributed by atoms with E-state index in [1.165, 1.54) is 16.7 Å². The van der Waals surface area contributed by atoms with Gasteiger partial charge >= 0.3 is 0 Å². The summed E-state index contributed by atoms with van der Waals surface area (Å²) in [5.74, 6) is -1.46. The molecule has 1 aromatic heterocycles. The van der Waals surface area contributed by atoms with Crippen LogP contribution in [0.5, 0.6) is 0 Å². The molecule has 3 aromatic rings. The molecular formula is C19H16F2N2O. The third kappa shape index (κ3) is 2.93. The first-order chi connectivity index (χ1) is 11.5. The standard InChI is InChI=1S/C19H16F2N2O/c1-12-16(22)11-23(17-8-7-14(20)9-15(17)21)18(12)10-19(24)13-5-3-2-4-6-13/h2-9,11H,10,22H2,1H3. The van der Waals surface area contributed by atoms with Gasteiger partial charge in [-0.15, -0.1) is 0 Å². The first-order valence-electron chi connectivity index (χ1n) is 7.47. The number of anilines is 1. The number of nitrogen functional groups attached to an aromatic ring is 1. The maximum Gasteiger partial charge on any atom is 0.168 e. The number of Topliss-reactive ketones (excluding diaryl/α,β-unsaturated/α-hetero) is 1. The number of rotatable bonds is 4. The molecule has 0 aliphatic rings. The lowest BCUT2D eigenvalue weighted by Gasteiger charge is -2.11. The number of ketones is 1. The third-order valence-corrected chi connectivity index (χ3v) is 4.02. The van der Waals surface area contributed by atoms with Gasteiger partial charge in [-0.1, -0.05) is 30.3 Å². The van der Waals surface area contributed by atoms with Gasteiger partial charge in [-0.05, 0) is 24.6 Å². The molecule has 2 N–H and O–H groups in total. The van der Waals surface area contributed by atoms with Crippen LogP contribution >= 0.6 is 0 Å². The molecular weight excluding hydrogens is 310 g/mol. The summed E-state index contributed by atoms with van der Waals surface area (Å²) in [6.45, 7) is 1.78. The Morgan fingerprint density at radius 2 is 1.83 bits per heavy atom. The fraction of sp³-hybridized carbons (Fsp3) is 0.105. The van der Waals surface area contributed by atoms with Gasteiger partial charge in [-0.25, -0.2) is 8.78 Å². The molecule has 24 heavy (non-hydrogen) atoms. The molecule has 0 saturated carbocycles. The lowest BCUT2D eigenvalue weighted by Crippen LogP contribution is -2.10. The molecule has 0 amide bonds. The Balaban J connectivity index is 2.04. The van der Waals surface area contributed by atoms with E-state index in [1.807, 2.05) is 6.07 Å². The molecule has 0 radical (unpaired) electrons. The van der Waals surface area contributed by atoms with E-state index in [2.05, 4.69) is 0 Å². The summed E-state index contributed by atoms with van der Waals surface area (Å²) in [4.78, 5) is 12.5. The number of carbonyl (C=O) groups excluding carboxylic acids is 1. The van der Waals surface area contributed by atoms with Gasteiger partial charge in [0.1, 0.15) is 11.6 Å². The number of hydrogen-bond donors (Lipinski definition) is 1. The minimum atomic E-state index is -0.710. The molecule has 0 fully saturated rings. The molecule has 5 heteroatoms. The van der Waals surface area contributed by atoms with Crippen molar-refractivity contribution in [3.05, 3.63) is 83.2 Å². The fourth-order valence-electron chi connectivity index (χ4n) is 2.65. The molecule has 3 rings (SSSR count). The largest absolute Gasteiger partial charge is 0.397 e. The summed E-state index contributed by atoms with van der Waals surface area (Å²) in [5, 5.41) is 0.